The van der Waals surface area contributed by atoms with E-state index in [2.05, 4.69) is 4.98 Å². The van der Waals surface area contributed by atoms with E-state index in [9.17, 15) is 35.4 Å². The van der Waals surface area contributed by atoms with E-state index in [1.54, 1.807) is 54.9 Å². The number of carbonyl (C=O) groups is 1. The van der Waals surface area contributed by atoms with Crippen molar-refractivity contribution >= 4 is 17.2 Å². The maximum atomic E-state index is 12.0. The lowest BCUT2D eigenvalue weighted by atomic mass is 9.76. The number of benzene rings is 3. The zero-order valence-electron chi connectivity index (χ0n) is 24.3. The lowest BCUT2D eigenvalue weighted by molar-refractivity contribution is 0.0983. The van der Waals surface area contributed by atoms with E-state index in [0.717, 1.165) is 16.7 Å². The van der Waals surface area contributed by atoms with E-state index in [-0.39, 0.29) is 43.7 Å². The summed E-state index contributed by atoms with van der Waals surface area (Å²) < 4.78 is 0. The predicted octanol–water partition coefficient (Wildman–Crippen LogP) is 3.45. The third-order valence-electron chi connectivity index (χ3n) is 7.32. The number of rotatable bonds is 10. The summed E-state index contributed by atoms with van der Waals surface area (Å²) in [4.78, 5) is 16.0. The average Bonchev–Trinajstić information content (AvgIpc) is 3.00. The number of aromatic hydroxyl groups is 2. The van der Waals surface area contributed by atoms with Gasteiger partial charge in [0.1, 0.15) is 11.5 Å². The Labute approximate surface area is 250 Å². The van der Waals surface area contributed by atoms with Gasteiger partial charge in [0, 0.05) is 63.4 Å². The van der Waals surface area contributed by atoms with Gasteiger partial charge in [-0.2, -0.15) is 0 Å². The van der Waals surface area contributed by atoms with E-state index < -0.39 is 5.41 Å². The molecule has 0 aliphatic heterocycles. The smallest absolute Gasteiger partial charge is 0.163 e. The number of nitrogens with two attached hydrogens (primary N) is 2. The molecule has 0 atom stereocenters. The molecule has 0 bridgehead atoms. The molecule has 10 heteroatoms. The Morgan fingerprint density at radius 2 is 1.19 bits per heavy atom. The van der Waals surface area contributed by atoms with Gasteiger partial charge in [0.25, 0.3) is 0 Å². The Balaban J connectivity index is 0.000000248. The number of nitrogen functional groups attached to an aromatic ring is 2. The van der Waals surface area contributed by atoms with Crippen LogP contribution in [-0.4, -0.2) is 41.4 Å². The average molecular weight is 590 g/mol. The Morgan fingerprint density at radius 1 is 0.744 bits per heavy atom. The standard InChI is InChI=1S/C19H24O6.C14H15N3O/c1-19(2,15-3-11(7-20)17(24)12(4-15)8-21)16-5-13(9-22)18(25)14(6-16)10-23;15-12-6-11(7-13(16)8-12)14(18)4-3-10-2-1-5-17-9-10/h3-6,20-25H,7-10H2,1-2H3;1-2,5-9H,3-4,15-16H2. The Kier molecular flexibility index (Phi) is 11.2. The summed E-state index contributed by atoms with van der Waals surface area (Å²) in [5, 5.41) is 57.9. The molecule has 1 aromatic heterocycles. The highest BCUT2D eigenvalue weighted by Gasteiger charge is 2.27. The molecule has 0 radical (unpaired) electrons. The maximum absolute atomic E-state index is 12.0. The molecule has 4 aromatic rings. The molecule has 4 rings (SSSR count). The minimum Gasteiger partial charge on any atom is -0.507 e. The van der Waals surface area contributed by atoms with Crippen molar-refractivity contribution < 1.29 is 35.4 Å². The quantitative estimate of drug-likeness (QED) is 0.0999. The molecule has 3 aromatic carbocycles. The Morgan fingerprint density at radius 3 is 1.56 bits per heavy atom. The van der Waals surface area contributed by atoms with Crippen LogP contribution in [-0.2, 0) is 38.3 Å². The van der Waals surface area contributed by atoms with Crippen LogP contribution >= 0.6 is 0 Å². The van der Waals surface area contributed by atoms with Gasteiger partial charge in [-0.05, 0) is 71.6 Å². The van der Waals surface area contributed by atoms with Crippen LogP contribution in [0.15, 0.2) is 67.0 Å². The first-order valence-electron chi connectivity index (χ1n) is 13.7. The first-order chi connectivity index (χ1) is 20.4. The summed E-state index contributed by atoms with van der Waals surface area (Å²) in [5.41, 5.74) is 16.0. The number of Topliss-reactive ketones (excluding diaryl/α,β-unsaturated/α-hetero) is 1. The molecular weight excluding hydrogens is 550 g/mol. The zero-order valence-corrected chi connectivity index (χ0v) is 24.3. The zero-order chi connectivity index (χ0) is 31.7. The number of pyridine rings is 1. The van der Waals surface area contributed by atoms with Gasteiger partial charge in [-0.25, -0.2) is 0 Å². The number of ketones is 1. The topological polar surface area (TPSA) is 203 Å². The van der Waals surface area contributed by atoms with Gasteiger partial charge in [-0.1, -0.05) is 19.9 Å². The molecule has 1 heterocycles. The van der Waals surface area contributed by atoms with Crippen LogP contribution in [0.3, 0.4) is 0 Å². The van der Waals surface area contributed by atoms with E-state index in [4.69, 9.17) is 11.5 Å². The minimum absolute atomic E-state index is 0.0397. The molecule has 43 heavy (non-hydrogen) atoms. The molecule has 0 fully saturated rings. The van der Waals surface area contributed by atoms with Crippen LogP contribution in [0.4, 0.5) is 11.4 Å². The van der Waals surface area contributed by atoms with Crippen molar-refractivity contribution in [2.45, 2.75) is 58.5 Å². The lowest BCUT2D eigenvalue weighted by Gasteiger charge is -2.29. The molecule has 0 unspecified atom stereocenters. The van der Waals surface area contributed by atoms with Crippen molar-refractivity contribution in [2.75, 3.05) is 11.5 Å². The Bertz CT molecular complexity index is 1420. The van der Waals surface area contributed by atoms with Crippen LogP contribution in [0.1, 0.15) is 69.6 Å². The fraction of sp³-hybridized carbons (Fsp3) is 0.273. The van der Waals surface area contributed by atoms with Crippen LogP contribution in [0, 0.1) is 0 Å². The second kappa shape index (κ2) is 14.6. The third-order valence-corrected chi connectivity index (χ3v) is 7.32. The number of aliphatic hydroxyl groups is 4. The first kappa shape index (κ1) is 33.0. The van der Waals surface area contributed by atoms with Crippen LogP contribution in [0.25, 0.3) is 0 Å². The molecule has 228 valence electrons. The third kappa shape index (κ3) is 8.08. The number of carbonyl (C=O) groups excluding carboxylic acids is 1. The number of anilines is 2. The van der Waals surface area contributed by atoms with Gasteiger partial charge >= 0.3 is 0 Å². The monoisotopic (exact) mass is 589 g/mol. The lowest BCUT2D eigenvalue weighted by Crippen LogP contribution is -2.20. The maximum Gasteiger partial charge on any atom is 0.163 e. The molecule has 0 aliphatic carbocycles. The van der Waals surface area contributed by atoms with Crippen LogP contribution in [0.2, 0.25) is 0 Å². The molecular formula is C33H39N3O7. The fourth-order valence-electron chi connectivity index (χ4n) is 4.68. The first-order valence-corrected chi connectivity index (χ1v) is 13.7. The number of aromatic nitrogens is 1. The fourth-order valence-corrected chi connectivity index (χ4v) is 4.68. The van der Waals surface area contributed by atoms with Gasteiger partial charge in [0.15, 0.2) is 5.78 Å². The Hall–Kier alpha value is -4.48. The van der Waals surface area contributed by atoms with Crippen LogP contribution < -0.4 is 11.5 Å². The number of hydrogen-bond acceptors (Lipinski definition) is 10. The van der Waals surface area contributed by atoms with Crippen molar-refractivity contribution in [3.63, 3.8) is 0 Å². The SMILES string of the molecule is CC(C)(c1cc(CO)c(O)c(CO)c1)c1cc(CO)c(O)c(CO)c1.Nc1cc(N)cc(C(=O)CCc2cccnc2)c1. The second-order valence-corrected chi connectivity index (χ2v) is 10.7. The van der Waals surface area contributed by atoms with Gasteiger partial charge in [-0.15, -0.1) is 0 Å². The summed E-state index contributed by atoms with van der Waals surface area (Å²) >= 11 is 0. The number of aryl methyl sites for hydroxylation is 1. The molecule has 0 saturated carbocycles. The normalized spacial score (nSPS) is 11.1. The summed E-state index contributed by atoms with van der Waals surface area (Å²) in [6, 6.07) is 15.4. The van der Waals surface area contributed by atoms with Crippen molar-refractivity contribution in [2.24, 2.45) is 0 Å². The van der Waals surface area contributed by atoms with Crippen molar-refractivity contribution in [3.05, 3.63) is 111 Å². The molecule has 0 saturated heterocycles. The predicted molar refractivity (Wildman–Crippen MR) is 164 cm³/mol. The summed E-state index contributed by atoms with van der Waals surface area (Å²) in [7, 11) is 0. The van der Waals surface area contributed by atoms with E-state index in [0.29, 0.717) is 52.0 Å². The molecule has 10 N–H and O–H groups in total. The second-order valence-electron chi connectivity index (χ2n) is 10.7. The molecule has 0 spiro atoms. The highest BCUT2D eigenvalue weighted by atomic mass is 16.3. The van der Waals surface area contributed by atoms with Gasteiger partial charge in [0.2, 0.25) is 0 Å². The number of nitrogens with zero attached hydrogens (tertiary/aromatic N) is 1. The largest absolute Gasteiger partial charge is 0.507 e. The van der Waals surface area contributed by atoms with Crippen molar-refractivity contribution in [1.82, 2.24) is 4.98 Å². The molecule has 0 aliphatic rings. The summed E-state index contributed by atoms with van der Waals surface area (Å²) in [6.07, 6.45) is 4.57. The van der Waals surface area contributed by atoms with Gasteiger partial charge in [0.05, 0.1) is 26.4 Å². The van der Waals surface area contributed by atoms with Gasteiger partial charge < -0.3 is 42.1 Å². The number of aliphatic hydroxyl groups excluding tert-OH is 4. The highest BCUT2D eigenvalue weighted by molar-refractivity contribution is 5.97. The van der Waals surface area contributed by atoms with E-state index in [1.807, 2.05) is 26.0 Å². The van der Waals surface area contributed by atoms with Crippen LogP contribution in [0.5, 0.6) is 11.5 Å². The minimum atomic E-state index is -0.636. The number of hydrogen-bond donors (Lipinski definition) is 8. The summed E-state index contributed by atoms with van der Waals surface area (Å²) in [6.45, 7) is 2.31. The number of phenols is 2. The van der Waals surface area contributed by atoms with Crippen molar-refractivity contribution in [3.8, 4) is 11.5 Å². The molecule has 0 amide bonds. The highest BCUT2D eigenvalue weighted by Crippen LogP contribution is 2.38. The van der Waals surface area contributed by atoms with E-state index >= 15 is 0 Å². The van der Waals surface area contributed by atoms with Gasteiger partial charge in [-0.3, -0.25) is 9.78 Å². The van der Waals surface area contributed by atoms with E-state index in [1.165, 1.54) is 0 Å². The summed E-state index contributed by atoms with van der Waals surface area (Å²) in [5.74, 6) is -0.234. The molecule has 10 nitrogen and oxygen atoms in total. The van der Waals surface area contributed by atoms with Crippen molar-refractivity contribution in [1.29, 1.82) is 0 Å².